The fourth-order valence-corrected chi connectivity index (χ4v) is 3.06. The molecule has 128 valence electrons. The molecule has 0 bridgehead atoms. The van der Waals surface area contributed by atoms with E-state index in [1.807, 2.05) is 20.8 Å². The number of rotatable bonds is 1. The number of carbonyl (C=O) groups is 1. The van der Waals surface area contributed by atoms with E-state index in [1.54, 1.807) is 16.9 Å². The second-order valence-corrected chi connectivity index (χ2v) is 6.92. The highest BCUT2D eigenvalue weighted by Crippen LogP contribution is 2.43. The Kier molecular flexibility index (Phi) is 3.69. The highest BCUT2D eigenvalue weighted by molar-refractivity contribution is 5.94. The second-order valence-electron chi connectivity index (χ2n) is 6.92. The van der Waals surface area contributed by atoms with Gasteiger partial charge >= 0.3 is 6.18 Å². The van der Waals surface area contributed by atoms with Crippen LogP contribution >= 0.6 is 0 Å². The summed E-state index contributed by atoms with van der Waals surface area (Å²) in [5.41, 5.74) is -0.387. The average Bonchev–Trinajstić information content (AvgIpc) is 2.89. The molecule has 0 saturated heterocycles. The second kappa shape index (κ2) is 5.36. The number of carbonyl (C=O) groups excluding carboxylic acids is 1. The van der Waals surface area contributed by atoms with E-state index in [-0.39, 0.29) is 17.9 Å². The fourth-order valence-electron chi connectivity index (χ4n) is 3.06. The third-order valence-corrected chi connectivity index (χ3v) is 4.10. The molecule has 2 aromatic rings. The summed E-state index contributed by atoms with van der Waals surface area (Å²) in [5.74, 6) is -0.501. The molecule has 0 fully saturated rings. The summed E-state index contributed by atoms with van der Waals surface area (Å²) in [6.07, 6.45) is -2.95. The van der Waals surface area contributed by atoms with Crippen LogP contribution in [0.3, 0.4) is 0 Å². The quantitative estimate of drug-likeness (QED) is 0.850. The van der Waals surface area contributed by atoms with Crippen molar-refractivity contribution in [3.8, 4) is 0 Å². The first kappa shape index (κ1) is 16.5. The molecule has 1 aromatic carbocycles. The molecule has 0 radical (unpaired) electrons. The van der Waals surface area contributed by atoms with Gasteiger partial charge in [-0.3, -0.25) is 4.79 Å². The summed E-state index contributed by atoms with van der Waals surface area (Å²) >= 11 is 0. The van der Waals surface area contributed by atoms with E-state index in [1.165, 1.54) is 12.1 Å². The Balaban J connectivity index is 2.17. The van der Waals surface area contributed by atoms with Crippen LogP contribution in [0.5, 0.6) is 0 Å². The Hall–Kier alpha value is -2.31. The van der Waals surface area contributed by atoms with Gasteiger partial charge in [-0.05, 0) is 32.4 Å². The minimum Gasteiger partial charge on any atom is -0.311 e. The zero-order valence-electron chi connectivity index (χ0n) is 13.6. The van der Waals surface area contributed by atoms with E-state index in [9.17, 15) is 18.0 Å². The van der Waals surface area contributed by atoms with Crippen LogP contribution in [-0.2, 0) is 16.5 Å². The molecule has 24 heavy (non-hydrogen) atoms. The predicted octanol–water partition coefficient (Wildman–Crippen LogP) is 4.13. The summed E-state index contributed by atoms with van der Waals surface area (Å²) in [7, 11) is 0. The van der Waals surface area contributed by atoms with Gasteiger partial charge in [0.05, 0.1) is 17.3 Å². The molecule has 0 saturated carbocycles. The Morgan fingerprint density at radius 1 is 1.17 bits per heavy atom. The molecule has 2 heterocycles. The van der Waals surface area contributed by atoms with Crippen molar-refractivity contribution >= 4 is 11.7 Å². The SMILES string of the molecule is CC(C)(C)n1ncc2c1NC(=O)C[C@H]2c1ccccc1C(F)(F)F. The van der Waals surface area contributed by atoms with Crippen molar-refractivity contribution in [3.63, 3.8) is 0 Å². The standard InChI is InChI=1S/C17H18F3N3O/c1-16(2,3)23-15-12(9-21-23)11(8-14(24)22-15)10-6-4-5-7-13(10)17(18,19)20/h4-7,9,11H,8H2,1-3H3,(H,22,24)/t11-/m0/s1. The lowest BCUT2D eigenvalue weighted by Crippen LogP contribution is -2.30. The predicted molar refractivity (Wildman–Crippen MR) is 83.8 cm³/mol. The molecule has 0 aliphatic carbocycles. The minimum absolute atomic E-state index is 0.0318. The van der Waals surface area contributed by atoms with Crippen LogP contribution in [0.1, 0.15) is 49.8 Å². The number of benzene rings is 1. The number of aromatic nitrogens is 2. The van der Waals surface area contributed by atoms with Gasteiger partial charge < -0.3 is 5.32 Å². The molecule has 1 aromatic heterocycles. The number of nitrogens with zero attached hydrogens (tertiary/aromatic N) is 2. The Labute approximate surface area is 137 Å². The third kappa shape index (κ3) is 2.79. The lowest BCUT2D eigenvalue weighted by atomic mass is 9.84. The summed E-state index contributed by atoms with van der Waals surface area (Å²) in [6.45, 7) is 5.75. The molecule has 0 unspecified atom stereocenters. The van der Waals surface area contributed by atoms with Crippen LogP contribution in [0.4, 0.5) is 19.0 Å². The molecule has 3 rings (SSSR count). The van der Waals surface area contributed by atoms with Crippen molar-refractivity contribution in [2.45, 2.75) is 44.8 Å². The average molecular weight is 337 g/mol. The summed E-state index contributed by atoms with van der Waals surface area (Å²) < 4.78 is 41.7. The molecule has 1 aliphatic rings. The van der Waals surface area contributed by atoms with E-state index in [2.05, 4.69) is 10.4 Å². The van der Waals surface area contributed by atoms with E-state index in [4.69, 9.17) is 0 Å². The first-order chi connectivity index (χ1) is 11.1. The topological polar surface area (TPSA) is 46.9 Å². The van der Waals surface area contributed by atoms with E-state index < -0.39 is 23.2 Å². The first-order valence-electron chi connectivity index (χ1n) is 7.63. The molecule has 1 aliphatic heterocycles. The number of fused-ring (bicyclic) bond motifs is 1. The Bertz CT molecular complexity index is 787. The Morgan fingerprint density at radius 2 is 1.83 bits per heavy atom. The minimum atomic E-state index is -4.47. The number of alkyl halides is 3. The highest BCUT2D eigenvalue weighted by Gasteiger charge is 2.39. The van der Waals surface area contributed by atoms with Gasteiger partial charge in [-0.2, -0.15) is 18.3 Å². The van der Waals surface area contributed by atoms with Crippen LogP contribution in [-0.4, -0.2) is 15.7 Å². The third-order valence-electron chi connectivity index (χ3n) is 4.10. The number of anilines is 1. The van der Waals surface area contributed by atoms with Crippen LogP contribution in [0, 0.1) is 0 Å². The van der Waals surface area contributed by atoms with Crippen molar-refractivity contribution in [2.75, 3.05) is 5.32 Å². The summed E-state index contributed by atoms with van der Waals surface area (Å²) in [6, 6.07) is 5.40. The maximum absolute atomic E-state index is 13.3. The maximum atomic E-state index is 13.3. The van der Waals surface area contributed by atoms with Gasteiger partial charge in [0, 0.05) is 17.9 Å². The first-order valence-corrected chi connectivity index (χ1v) is 7.63. The highest BCUT2D eigenvalue weighted by atomic mass is 19.4. The molecule has 7 heteroatoms. The zero-order chi connectivity index (χ0) is 17.7. The van der Waals surface area contributed by atoms with Crippen LogP contribution in [0.15, 0.2) is 30.5 Å². The van der Waals surface area contributed by atoms with Crippen molar-refractivity contribution in [1.82, 2.24) is 9.78 Å². The number of nitrogens with one attached hydrogen (secondary N) is 1. The normalized spacial score (nSPS) is 18.2. The van der Waals surface area contributed by atoms with Gasteiger partial charge in [0.2, 0.25) is 5.91 Å². The van der Waals surface area contributed by atoms with Crippen molar-refractivity contribution in [1.29, 1.82) is 0 Å². The number of hydrogen-bond donors (Lipinski definition) is 1. The molecule has 1 atom stereocenters. The van der Waals surface area contributed by atoms with E-state index in [0.29, 0.717) is 11.4 Å². The molecule has 4 nitrogen and oxygen atoms in total. The maximum Gasteiger partial charge on any atom is 0.416 e. The van der Waals surface area contributed by atoms with Gasteiger partial charge in [0.25, 0.3) is 0 Å². The summed E-state index contributed by atoms with van der Waals surface area (Å²) in [4.78, 5) is 12.1. The van der Waals surface area contributed by atoms with Gasteiger partial charge in [0.15, 0.2) is 0 Å². The molecular weight excluding hydrogens is 319 g/mol. The van der Waals surface area contributed by atoms with Crippen molar-refractivity contribution < 1.29 is 18.0 Å². The molecule has 0 spiro atoms. The lowest BCUT2D eigenvalue weighted by Gasteiger charge is -2.29. The van der Waals surface area contributed by atoms with Gasteiger partial charge in [-0.15, -0.1) is 0 Å². The molecule has 1 amide bonds. The van der Waals surface area contributed by atoms with Gasteiger partial charge in [-0.1, -0.05) is 18.2 Å². The largest absolute Gasteiger partial charge is 0.416 e. The van der Waals surface area contributed by atoms with E-state index in [0.717, 1.165) is 6.07 Å². The number of hydrogen-bond acceptors (Lipinski definition) is 2. The van der Waals surface area contributed by atoms with Gasteiger partial charge in [-0.25, -0.2) is 4.68 Å². The van der Waals surface area contributed by atoms with Crippen LogP contribution in [0.2, 0.25) is 0 Å². The number of amides is 1. The van der Waals surface area contributed by atoms with Crippen molar-refractivity contribution in [3.05, 3.63) is 47.2 Å². The lowest BCUT2D eigenvalue weighted by molar-refractivity contribution is -0.138. The van der Waals surface area contributed by atoms with Crippen LogP contribution in [0.25, 0.3) is 0 Å². The number of halogens is 3. The Morgan fingerprint density at radius 3 is 2.46 bits per heavy atom. The van der Waals surface area contributed by atoms with Gasteiger partial charge in [0.1, 0.15) is 5.82 Å². The fraction of sp³-hybridized carbons (Fsp3) is 0.412. The summed E-state index contributed by atoms with van der Waals surface area (Å²) in [5, 5.41) is 7.05. The zero-order valence-corrected chi connectivity index (χ0v) is 13.6. The van der Waals surface area contributed by atoms with Crippen LogP contribution < -0.4 is 5.32 Å². The monoisotopic (exact) mass is 337 g/mol. The molecular formula is C17H18F3N3O. The molecule has 1 N–H and O–H groups in total. The van der Waals surface area contributed by atoms with E-state index >= 15 is 0 Å². The van der Waals surface area contributed by atoms with Crippen molar-refractivity contribution in [2.24, 2.45) is 0 Å². The smallest absolute Gasteiger partial charge is 0.311 e.